The van der Waals surface area contributed by atoms with E-state index in [4.69, 9.17) is 4.74 Å². The first-order valence-electron chi connectivity index (χ1n) is 7.93. The standard InChI is InChI=1S/C16H22F3N3O2/c17-16(18,19)14-4-1-3-13(11-14)12-21-15(23)20-5-2-6-22-7-9-24-10-8-22/h1,3-4,11H,2,5-10,12H2,(H2,20,21,23). The van der Waals surface area contributed by atoms with Gasteiger partial charge in [-0.1, -0.05) is 12.1 Å². The molecule has 1 heterocycles. The van der Waals surface area contributed by atoms with Crippen LogP contribution in [0, 0.1) is 0 Å². The highest BCUT2D eigenvalue weighted by atomic mass is 19.4. The highest BCUT2D eigenvalue weighted by molar-refractivity contribution is 5.73. The van der Waals surface area contributed by atoms with Gasteiger partial charge >= 0.3 is 12.2 Å². The number of halogens is 3. The van der Waals surface area contributed by atoms with E-state index >= 15 is 0 Å². The Bertz CT molecular complexity index is 532. The predicted molar refractivity (Wildman–Crippen MR) is 83.6 cm³/mol. The summed E-state index contributed by atoms with van der Waals surface area (Å²) in [6.07, 6.45) is -3.56. The molecule has 2 rings (SSSR count). The van der Waals surface area contributed by atoms with E-state index in [1.54, 1.807) is 6.07 Å². The number of nitrogens with one attached hydrogen (secondary N) is 2. The summed E-state index contributed by atoms with van der Waals surface area (Å²) in [7, 11) is 0. The molecule has 8 heteroatoms. The van der Waals surface area contributed by atoms with Gasteiger partial charge in [-0.15, -0.1) is 0 Å². The topological polar surface area (TPSA) is 53.6 Å². The van der Waals surface area contributed by atoms with Gasteiger partial charge in [0.25, 0.3) is 0 Å². The number of hydrogen-bond acceptors (Lipinski definition) is 3. The third kappa shape index (κ3) is 6.37. The van der Waals surface area contributed by atoms with Crippen LogP contribution in [0.15, 0.2) is 24.3 Å². The van der Waals surface area contributed by atoms with Crippen LogP contribution in [0.5, 0.6) is 0 Å². The van der Waals surface area contributed by atoms with Gasteiger partial charge in [0.15, 0.2) is 0 Å². The molecule has 1 saturated heterocycles. The fraction of sp³-hybridized carbons (Fsp3) is 0.562. The molecule has 1 aliphatic heterocycles. The lowest BCUT2D eigenvalue weighted by molar-refractivity contribution is -0.137. The SMILES string of the molecule is O=C(NCCCN1CCOCC1)NCc1cccc(C(F)(F)F)c1. The van der Waals surface area contributed by atoms with E-state index in [9.17, 15) is 18.0 Å². The third-order valence-electron chi connectivity index (χ3n) is 3.75. The summed E-state index contributed by atoms with van der Waals surface area (Å²) in [6.45, 7) is 4.75. The Labute approximate surface area is 139 Å². The van der Waals surface area contributed by atoms with E-state index in [1.807, 2.05) is 0 Å². The second-order valence-corrected chi connectivity index (χ2v) is 5.62. The molecule has 2 N–H and O–H groups in total. The van der Waals surface area contributed by atoms with Crippen LogP contribution in [0.3, 0.4) is 0 Å². The number of ether oxygens (including phenoxy) is 1. The number of nitrogens with zero attached hydrogens (tertiary/aromatic N) is 1. The van der Waals surface area contributed by atoms with Crippen LogP contribution < -0.4 is 10.6 Å². The van der Waals surface area contributed by atoms with E-state index in [0.29, 0.717) is 12.1 Å². The Morgan fingerprint density at radius 1 is 1.21 bits per heavy atom. The summed E-state index contributed by atoms with van der Waals surface area (Å²) in [5, 5.41) is 5.27. The quantitative estimate of drug-likeness (QED) is 0.778. The molecule has 1 aromatic carbocycles. The minimum absolute atomic E-state index is 0.0548. The van der Waals surface area contributed by atoms with Crippen LogP contribution in [0.2, 0.25) is 0 Å². The highest BCUT2D eigenvalue weighted by Gasteiger charge is 2.30. The molecule has 0 spiro atoms. The zero-order valence-electron chi connectivity index (χ0n) is 13.4. The summed E-state index contributed by atoms with van der Waals surface area (Å²) in [5.41, 5.74) is -0.305. The van der Waals surface area contributed by atoms with Gasteiger partial charge in [0.05, 0.1) is 18.8 Å². The average Bonchev–Trinajstić information content (AvgIpc) is 2.57. The molecule has 1 aliphatic rings. The van der Waals surface area contributed by atoms with Crippen LogP contribution in [0.4, 0.5) is 18.0 Å². The Kier molecular flexibility index (Phi) is 6.86. The lowest BCUT2D eigenvalue weighted by Crippen LogP contribution is -2.39. The third-order valence-corrected chi connectivity index (χ3v) is 3.75. The van der Waals surface area contributed by atoms with Crippen molar-refractivity contribution in [2.75, 3.05) is 39.4 Å². The van der Waals surface area contributed by atoms with Crippen molar-refractivity contribution < 1.29 is 22.7 Å². The van der Waals surface area contributed by atoms with Gasteiger partial charge in [-0.2, -0.15) is 13.2 Å². The van der Waals surface area contributed by atoms with Crippen LogP contribution in [0.25, 0.3) is 0 Å². The molecule has 0 saturated carbocycles. The first kappa shape index (κ1) is 18.5. The maximum Gasteiger partial charge on any atom is 0.416 e. The molecule has 0 radical (unpaired) electrons. The molecular formula is C16H22F3N3O2. The molecule has 5 nitrogen and oxygen atoms in total. The minimum Gasteiger partial charge on any atom is -0.379 e. The number of morpholine rings is 1. The number of carbonyl (C=O) groups excluding carboxylic acids is 1. The molecule has 1 aromatic rings. The number of rotatable bonds is 6. The average molecular weight is 345 g/mol. The summed E-state index contributed by atoms with van der Waals surface area (Å²) in [4.78, 5) is 13.9. The number of urea groups is 1. The van der Waals surface area contributed by atoms with Crippen molar-refractivity contribution in [2.24, 2.45) is 0 Å². The normalized spacial score (nSPS) is 16.0. The van der Waals surface area contributed by atoms with Gasteiger partial charge < -0.3 is 15.4 Å². The largest absolute Gasteiger partial charge is 0.416 e. The number of hydrogen-bond donors (Lipinski definition) is 2. The first-order valence-corrected chi connectivity index (χ1v) is 7.93. The van der Waals surface area contributed by atoms with E-state index in [2.05, 4.69) is 15.5 Å². The minimum atomic E-state index is -4.38. The van der Waals surface area contributed by atoms with Crippen LogP contribution in [0.1, 0.15) is 17.5 Å². The molecule has 134 valence electrons. The predicted octanol–water partition coefficient (Wildman–Crippen LogP) is 2.23. The maximum absolute atomic E-state index is 12.6. The first-order chi connectivity index (χ1) is 11.4. The van der Waals surface area contributed by atoms with Gasteiger partial charge in [-0.05, 0) is 30.7 Å². The summed E-state index contributed by atoms with van der Waals surface area (Å²) in [5.74, 6) is 0. The summed E-state index contributed by atoms with van der Waals surface area (Å²) in [6, 6.07) is 4.55. The van der Waals surface area contributed by atoms with Gasteiger partial charge in [-0.3, -0.25) is 4.90 Å². The maximum atomic E-state index is 12.6. The Morgan fingerprint density at radius 2 is 1.96 bits per heavy atom. The Hall–Kier alpha value is -1.80. The number of carbonyl (C=O) groups is 1. The van der Waals surface area contributed by atoms with E-state index in [1.165, 1.54) is 6.07 Å². The van der Waals surface area contributed by atoms with Crippen molar-refractivity contribution in [3.05, 3.63) is 35.4 Å². The van der Waals surface area contributed by atoms with E-state index in [0.717, 1.165) is 51.4 Å². The molecule has 0 aromatic heterocycles. The van der Waals surface area contributed by atoms with Crippen molar-refractivity contribution in [3.63, 3.8) is 0 Å². The molecule has 0 bridgehead atoms. The van der Waals surface area contributed by atoms with Crippen LogP contribution >= 0.6 is 0 Å². The van der Waals surface area contributed by atoms with Crippen molar-refractivity contribution >= 4 is 6.03 Å². The smallest absolute Gasteiger partial charge is 0.379 e. The van der Waals surface area contributed by atoms with Crippen LogP contribution in [-0.4, -0.2) is 50.3 Å². The lowest BCUT2D eigenvalue weighted by Gasteiger charge is -2.26. The fourth-order valence-electron chi connectivity index (χ4n) is 2.43. The van der Waals surface area contributed by atoms with Crippen molar-refractivity contribution in [1.29, 1.82) is 0 Å². The van der Waals surface area contributed by atoms with Gasteiger partial charge in [0.2, 0.25) is 0 Å². The Balaban J connectivity index is 1.64. The van der Waals surface area contributed by atoms with E-state index in [-0.39, 0.29) is 12.6 Å². The van der Waals surface area contributed by atoms with Crippen molar-refractivity contribution in [2.45, 2.75) is 19.1 Å². The van der Waals surface area contributed by atoms with Crippen molar-refractivity contribution in [3.8, 4) is 0 Å². The lowest BCUT2D eigenvalue weighted by atomic mass is 10.1. The molecule has 2 amide bonds. The molecule has 0 unspecified atom stereocenters. The number of alkyl halides is 3. The molecule has 0 atom stereocenters. The van der Waals surface area contributed by atoms with Gasteiger partial charge in [0, 0.05) is 26.2 Å². The van der Waals surface area contributed by atoms with Crippen LogP contribution in [-0.2, 0) is 17.5 Å². The fourth-order valence-corrected chi connectivity index (χ4v) is 2.43. The number of benzene rings is 1. The zero-order valence-corrected chi connectivity index (χ0v) is 13.4. The van der Waals surface area contributed by atoms with Gasteiger partial charge in [0.1, 0.15) is 0 Å². The van der Waals surface area contributed by atoms with Gasteiger partial charge in [-0.25, -0.2) is 4.79 Å². The molecular weight excluding hydrogens is 323 g/mol. The highest BCUT2D eigenvalue weighted by Crippen LogP contribution is 2.29. The Morgan fingerprint density at radius 3 is 2.67 bits per heavy atom. The summed E-state index contributed by atoms with van der Waals surface area (Å²) < 4.78 is 43.1. The van der Waals surface area contributed by atoms with Crippen molar-refractivity contribution in [1.82, 2.24) is 15.5 Å². The second kappa shape index (κ2) is 8.89. The molecule has 0 aliphatic carbocycles. The molecule has 24 heavy (non-hydrogen) atoms. The van der Waals surface area contributed by atoms with E-state index < -0.39 is 11.7 Å². The second-order valence-electron chi connectivity index (χ2n) is 5.62. The number of amides is 2. The summed E-state index contributed by atoms with van der Waals surface area (Å²) >= 11 is 0. The zero-order chi connectivity index (χ0) is 17.4. The monoisotopic (exact) mass is 345 g/mol. The molecule has 1 fully saturated rings.